The van der Waals surface area contributed by atoms with Crippen LogP contribution in [-0.4, -0.2) is 4.98 Å². The van der Waals surface area contributed by atoms with E-state index in [0.29, 0.717) is 0 Å². The van der Waals surface area contributed by atoms with E-state index in [4.69, 9.17) is 0 Å². The average molecular weight is 273 g/mol. The zero-order valence-corrected chi connectivity index (χ0v) is 12.5. The lowest BCUT2D eigenvalue weighted by Crippen LogP contribution is -2.03. The minimum Gasteiger partial charge on any atom is -0.354 e. The molecule has 0 saturated carbocycles. The Bertz CT molecular complexity index is 936. The summed E-state index contributed by atoms with van der Waals surface area (Å²) in [6.07, 6.45) is 10.1. The van der Waals surface area contributed by atoms with Crippen molar-refractivity contribution in [3.63, 3.8) is 0 Å². The molecule has 104 valence electrons. The van der Waals surface area contributed by atoms with Crippen LogP contribution in [0.25, 0.3) is 39.9 Å². The second-order valence-electron chi connectivity index (χ2n) is 5.20. The molecule has 0 spiro atoms. The Morgan fingerprint density at radius 2 is 1.90 bits per heavy atom. The highest BCUT2D eigenvalue weighted by Gasteiger charge is 2.15. The number of benzene rings is 2. The summed E-state index contributed by atoms with van der Waals surface area (Å²) in [7, 11) is 0. The number of aromatic amines is 1. The topological polar surface area (TPSA) is 15.8 Å². The Kier molecular flexibility index (Phi) is 3.26. The summed E-state index contributed by atoms with van der Waals surface area (Å²) in [5.41, 5.74) is 4.88. The SMILES string of the molecule is C=C/C=c1/[nH]c2cccc3c(C=C)c(/C=C\C)c(C)c1c23. The van der Waals surface area contributed by atoms with Crippen molar-refractivity contribution in [3.05, 3.63) is 65.5 Å². The Labute approximate surface area is 125 Å². The average Bonchev–Trinajstić information content (AvgIpc) is 2.85. The van der Waals surface area contributed by atoms with Gasteiger partial charge in [0.05, 0.1) is 0 Å². The van der Waals surface area contributed by atoms with Crippen LogP contribution in [0.15, 0.2) is 43.5 Å². The molecule has 3 rings (SSSR count). The second-order valence-corrected chi connectivity index (χ2v) is 5.20. The molecule has 0 bridgehead atoms. The van der Waals surface area contributed by atoms with Gasteiger partial charge in [-0.15, -0.1) is 0 Å². The molecule has 1 nitrogen and oxygen atoms in total. The molecule has 1 heteroatoms. The van der Waals surface area contributed by atoms with Crippen molar-refractivity contribution in [2.45, 2.75) is 13.8 Å². The fraction of sp³-hybridized carbons (Fsp3) is 0.100. The summed E-state index contributed by atoms with van der Waals surface area (Å²) in [6.45, 7) is 12.1. The van der Waals surface area contributed by atoms with Gasteiger partial charge in [-0.2, -0.15) is 0 Å². The third-order valence-corrected chi connectivity index (χ3v) is 4.03. The maximum atomic E-state index is 4.02. The first-order valence-corrected chi connectivity index (χ1v) is 7.17. The van der Waals surface area contributed by atoms with Crippen LogP contribution in [0.4, 0.5) is 0 Å². The van der Waals surface area contributed by atoms with Gasteiger partial charge in [-0.25, -0.2) is 0 Å². The number of aromatic nitrogens is 1. The van der Waals surface area contributed by atoms with E-state index in [-0.39, 0.29) is 0 Å². The molecule has 0 fully saturated rings. The predicted octanol–water partition coefficient (Wildman–Crippen LogP) is 4.99. The Morgan fingerprint density at radius 1 is 1.10 bits per heavy atom. The molecule has 0 atom stereocenters. The summed E-state index contributed by atoms with van der Waals surface area (Å²) >= 11 is 0. The smallest absolute Gasteiger partial charge is 0.0471 e. The van der Waals surface area contributed by atoms with Crippen molar-refractivity contribution in [1.29, 1.82) is 0 Å². The van der Waals surface area contributed by atoms with E-state index in [0.717, 1.165) is 10.9 Å². The fourth-order valence-corrected chi connectivity index (χ4v) is 3.21. The standard InChI is InChI=1S/C20H19N/c1-5-9-15-13(4)19-17(10-6-2)21-18-12-8-11-16(20(18)19)14(15)7-3/h5-12,21H,2-3H2,1,4H3/b9-5-,17-10+. The maximum absolute atomic E-state index is 4.02. The van der Waals surface area contributed by atoms with E-state index in [1.165, 1.54) is 32.8 Å². The van der Waals surface area contributed by atoms with Gasteiger partial charge in [0.1, 0.15) is 0 Å². The zero-order valence-electron chi connectivity index (χ0n) is 12.5. The van der Waals surface area contributed by atoms with Crippen molar-refractivity contribution in [2.24, 2.45) is 0 Å². The monoisotopic (exact) mass is 273 g/mol. The highest BCUT2D eigenvalue weighted by Crippen LogP contribution is 2.34. The normalized spacial score (nSPS) is 12.8. The Hall–Kier alpha value is -2.54. The molecular weight excluding hydrogens is 254 g/mol. The lowest BCUT2D eigenvalue weighted by molar-refractivity contribution is 1.39. The molecule has 1 heterocycles. The fourth-order valence-electron chi connectivity index (χ4n) is 3.21. The molecule has 0 unspecified atom stereocenters. The number of rotatable bonds is 3. The van der Waals surface area contributed by atoms with Crippen LogP contribution in [0.5, 0.6) is 0 Å². The first-order valence-electron chi connectivity index (χ1n) is 7.17. The molecule has 0 aliphatic heterocycles. The van der Waals surface area contributed by atoms with Crippen molar-refractivity contribution in [1.82, 2.24) is 4.98 Å². The van der Waals surface area contributed by atoms with Gasteiger partial charge >= 0.3 is 0 Å². The molecule has 3 aromatic rings. The highest BCUT2D eigenvalue weighted by molar-refractivity contribution is 6.15. The van der Waals surface area contributed by atoms with E-state index in [9.17, 15) is 0 Å². The van der Waals surface area contributed by atoms with E-state index in [2.05, 4.69) is 55.4 Å². The van der Waals surface area contributed by atoms with E-state index >= 15 is 0 Å². The van der Waals surface area contributed by atoms with Crippen LogP contribution in [0, 0.1) is 6.92 Å². The van der Waals surface area contributed by atoms with E-state index in [1.54, 1.807) is 0 Å². The van der Waals surface area contributed by atoms with Crippen LogP contribution >= 0.6 is 0 Å². The molecule has 1 aromatic heterocycles. The van der Waals surface area contributed by atoms with E-state index < -0.39 is 0 Å². The minimum atomic E-state index is 1.12. The van der Waals surface area contributed by atoms with Gasteiger partial charge in [0.2, 0.25) is 0 Å². The van der Waals surface area contributed by atoms with Gasteiger partial charge in [0.25, 0.3) is 0 Å². The van der Waals surface area contributed by atoms with Gasteiger partial charge in [0.15, 0.2) is 0 Å². The number of hydrogen-bond donors (Lipinski definition) is 1. The molecule has 0 saturated heterocycles. The summed E-state index contributed by atoms with van der Waals surface area (Å²) in [5, 5.41) is 4.93. The van der Waals surface area contributed by atoms with Gasteiger partial charge in [-0.05, 0) is 48.1 Å². The van der Waals surface area contributed by atoms with Crippen LogP contribution < -0.4 is 5.35 Å². The van der Waals surface area contributed by atoms with Gasteiger partial charge in [-0.3, -0.25) is 0 Å². The lowest BCUT2D eigenvalue weighted by Gasteiger charge is -2.12. The summed E-state index contributed by atoms with van der Waals surface area (Å²) in [4.78, 5) is 3.50. The summed E-state index contributed by atoms with van der Waals surface area (Å²) in [6, 6.07) is 6.38. The highest BCUT2D eigenvalue weighted by atomic mass is 14.7. The Balaban J connectivity index is 2.70. The van der Waals surface area contributed by atoms with Crippen LogP contribution in [0.1, 0.15) is 23.6 Å². The molecule has 1 N–H and O–H groups in total. The number of nitrogens with one attached hydrogen (secondary N) is 1. The number of allylic oxidation sites excluding steroid dienone is 2. The van der Waals surface area contributed by atoms with Crippen LogP contribution in [0.3, 0.4) is 0 Å². The summed E-state index contributed by atoms with van der Waals surface area (Å²) in [5.74, 6) is 0. The van der Waals surface area contributed by atoms with Crippen molar-refractivity contribution in [2.75, 3.05) is 0 Å². The minimum absolute atomic E-state index is 1.12. The molecule has 0 radical (unpaired) electrons. The second kappa shape index (κ2) is 5.10. The van der Waals surface area contributed by atoms with Crippen LogP contribution in [-0.2, 0) is 0 Å². The number of H-pyrrole nitrogens is 1. The van der Waals surface area contributed by atoms with Crippen LogP contribution in [0.2, 0.25) is 0 Å². The van der Waals surface area contributed by atoms with Crippen molar-refractivity contribution >= 4 is 39.9 Å². The largest absolute Gasteiger partial charge is 0.354 e. The van der Waals surface area contributed by atoms with Crippen molar-refractivity contribution in [3.8, 4) is 0 Å². The molecule has 2 aromatic carbocycles. The molecule has 0 aliphatic rings. The predicted molar refractivity (Wildman–Crippen MR) is 95.2 cm³/mol. The molecular formula is C20H19N. The van der Waals surface area contributed by atoms with Gasteiger partial charge in [-0.1, -0.05) is 49.6 Å². The zero-order chi connectivity index (χ0) is 15.0. The molecule has 21 heavy (non-hydrogen) atoms. The lowest BCUT2D eigenvalue weighted by atomic mass is 9.91. The first-order chi connectivity index (χ1) is 10.2. The number of hydrogen-bond acceptors (Lipinski definition) is 0. The third kappa shape index (κ3) is 1.85. The van der Waals surface area contributed by atoms with Gasteiger partial charge in [0, 0.05) is 21.6 Å². The summed E-state index contributed by atoms with van der Waals surface area (Å²) < 4.78 is 0. The first kappa shape index (κ1) is 13.4. The van der Waals surface area contributed by atoms with Gasteiger partial charge < -0.3 is 4.98 Å². The molecule has 0 aliphatic carbocycles. The number of aryl methyl sites for hydroxylation is 1. The molecule has 0 amide bonds. The van der Waals surface area contributed by atoms with Crippen molar-refractivity contribution < 1.29 is 0 Å². The Morgan fingerprint density at radius 3 is 2.57 bits per heavy atom. The van der Waals surface area contributed by atoms with E-state index in [1.807, 2.05) is 25.2 Å². The quantitative estimate of drug-likeness (QED) is 0.692. The third-order valence-electron chi connectivity index (χ3n) is 4.03. The maximum Gasteiger partial charge on any atom is 0.0471 e.